The van der Waals surface area contributed by atoms with Gasteiger partial charge in [-0.2, -0.15) is 4.80 Å². The number of aromatic nitrogens is 4. The van der Waals surface area contributed by atoms with Gasteiger partial charge in [-0.1, -0.05) is 28.1 Å². The fourth-order valence-corrected chi connectivity index (χ4v) is 2.48. The summed E-state index contributed by atoms with van der Waals surface area (Å²) in [5.74, 6) is 0.297. The van der Waals surface area contributed by atoms with Crippen molar-refractivity contribution in [2.75, 3.05) is 5.32 Å². The Morgan fingerprint density at radius 3 is 2.67 bits per heavy atom. The smallest absolute Gasteiger partial charge is 0.248 e. The minimum atomic E-state index is -0.191. The molecule has 1 heterocycles. The maximum absolute atomic E-state index is 12.2. The molecule has 3 rings (SSSR count). The van der Waals surface area contributed by atoms with Crippen molar-refractivity contribution in [2.24, 2.45) is 0 Å². The van der Waals surface area contributed by atoms with Crippen molar-refractivity contribution in [3.05, 3.63) is 58.1 Å². The fraction of sp³-hybridized carbons (Fsp3) is 0.176. The van der Waals surface area contributed by atoms with Crippen LogP contribution in [0.25, 0.3) is 11.4 Å². The molecule has 3 aromatic rings. The Balaban J connectivity index is 1.69. The van der Waals surface area contributed by atoms with Crippen LogP contribution >= 0.6 is 15.9 Å². The molecule has 1 amide bonds. The lowest BCUT2D eigenvalue weighted by Crippen LogP contribution is -2.21. The number of benzene rings is 2. The summed E-state index contributed by atoms with van der Waals surface area (Å²) in [6.45, 7) is 3.95. The molecule has 122 valence electrons. The van der Waals surface area contributed by atoms with E-state index in [1.807, 2.05) is 56.3 Å². The molecule has 1 N–H and O–H groups in total. The van der Waals surface area contributed by atoms with E-state index >= 15 is 0 Å². The fourth-order valence-electron chi connectivity index (χ4n) is 2.21. The van der Waals surface area contributed by atoms with Crippen LogP contribution in [0.15, 0.2) is 46.9 Å². The van der Waals surface area contributed by atoms with Crippen LogP contribution < -0.4 is 5.32 Å². The third kappa shape index (κ3) is 3.86. The van der Waals surface area contributed by atoms with E-state index < -0.39 is 0 Å². The number of halogens is 1. The molecule has 1 aromatic heterocycles. The molecule has 0 saturated carbocycles. The summed E-state index contributed by atoms with van der Waals surface area (Å²) in [4.78, 5) is 13.5. The zero-order chi connectivity index (χ0) is 17.1. The van der Waals surface area contributed by atoms with Crippen molar-refractivity contribution < 1.29 is 4.79 Å². The molecule has 0 unspecified atom stereocenters. The van der Waals surface area contributed by atoms with Gasteiger partial charge < -0.3 is 5.32 Å². The molecule has 0 fully saturated rings. The molecule has 6 nitrogen and oxygen atoms in total. The van der Waals surface area contributed by atoms with Crippen molar-refractivity contribution >= 4 is 27.5 Å². The van der Waals surface area contributed by atoms with Crippen molar-refractivity contribution in [3.63, 3.8) is 0 Å². The van der Waals surface area contributed by atoms with Crippen LogP contribution in [0.2, 0.25) is 0 Å². The second kappa shape index (κ2) is 6.92. The van der Waals surface area contributed by atoms with Crippen LogP contribution in [0.3, 0.4) is 0 Å². The van der Waals surface area contributed by atoms with Gasteiger partial charge in [-0.25, -0.2) is 0 Å². The molecular weight excluding hydrogens is 370 g/mol. The molecule has 0 aliphatic rings. The zero-order valence-corrected chi connectivity index (χ0v) is 14.9. The minimum absolute atomic E-state index is 0.0108. The van der Waals surface area contributed by atoms with Crippen LogP contribution in [0.4, 0.5) is 5.69 Å². The number of rotatable bonds is 4. The summed E-state index contributed by atoms with van der Waals surface area (Å²) in [5.41, 5.74) is 3.75. The van der Waals surface area contributed by atoms with E-state index in [0.29, 0.717) is 5.82 Å². The van der Waals surface area contributed by atoms with Gasteiger partial charge in [0, 0.05) is 15.7 Å². The summed E-state index contributed by atoms with van der Waals surface area (Å²) >= 11 is 3.38. The second-order valence-corrected chi connectivity index (χ2v) is 6.43. The first kappa shape index (κ1) is 16.3. The summed E-state index contributed by atoms with van der Waals surface area (Å²) < 4.78 is 0.978. The predicted octanol–water partition coefficient (Wildman–Crippen LogP) is 3.36. The molecule has 0 saturated heterocycles. The maximum Gasteiger partial charge on any atom is 0.248 e. The summed E-state index contributed by atoms with van der Waals surface area (Å²) in [6.07, 6.45) is 0. The van der Waals surface area contributed by atoms with Gasteiger partial charge in [0.2, 0.25) is 11.7 Å². The largest absolute Gasteiger partial charge is 0.324 e. The first-order chi connectivity index (χ1) is 11.5. The number of anilines is 1. The Morgan fingerprint density at radius 1 is 1.17 bits per heavy atom. The van der Waals surface area contributed by atoms with Gasteiger partial charge in [0.05, 0.1) is 0 Å². The second-order valence-electron chi connectivity index (χ2n) is 5.52. The Labute approximate surface area is 148 Å². The first-order valence-electron chi connectivity index (χ1n) is 7.42. The highest BCUT2D eigenvalue weighted by molar-refractivity contribution is 9.10. The number of nitrogens with one attached hydrogen (secondary N) is 1. The number of aryl methyl sites for hydroxylation is 2. The number of carbonyl (C=O) groups is 1. The van der Waals surface area contributed by atoms with Crippen molar-refractivity contribution in [1.82, 2.24) is 20.2 Å². The molecule has 0 atom stereocenters. The number of hydrogen-bond donors (Lipinski definition) is 1. The van der Waals surface area contributed by atoms with E-state index in [1.165, 1.54) is 4.80 Å². The quantitative estimate of drug-likeness (QED) is 0.747. The van der Waals surface area contributed by atoms with Crippen molar-refractivity contribution in [1.29, 1.82) is 0 Å². The molecule has 0 aliphatic carbocycles. The first-order valence-corrected chi connectivity index (χ1v) is 8.21. The third-order valence-electron chi connectivity index (χ3n) is 3.51. The number of carbonyl (C=O) groups excluding carboxylic acids is 1. The lowest BCUT2D eigenvalue weighted by molar-refractivity contribution is -0.117. The lowest BCUT2D eigenvalue weighted by Gasteiger charge is -2.08. The van der Waals surface area contributed by atoms with Gasteiger partial charge in [-0.3, -0.25) is 4.79 Å². The van der Waals surface area contributed by atoms with Gasteiger partial charge in [-0.15, -0.1) is 10.2 Å². The van der Waals surface area contributed by atoms with E-state index in [0.717, 1.165) is 26.9 Å². The minimum Gasteiger partial charge on any atom is -0.324 e. The highest BCUT2D eigenvalue weighted by atomic mass is 79.9. The SMILES string of the molecule is Cc1ccc(C)c(NC(=O)Cn2nnc(-c3ccc(Br)cc3)n2)c1. The monoisotopic (exact) mass is 385 g/mol. The van der Waals surface area contributed by atoms with E-state index in [4.69, 9.17) is 0 Å². The molecule has 0 radical (unpaired) electrons. The van der Waals surface area contributed by atoms with Crippen LogP contribution in [-0.4, -0.2) is 26.1 Å². The molecule has 2 aromatic carbocycles. The van der Waals surface area contributed by atoms with E-state index in [-0.39, 0.29) is 12.5 Å². The standard InChI is InChI=1S/C17H16BrN5O/c1-11-3-4-12(2)15(9-11)19-16(24)10-23-21-17(20-22-23)13-5-7-14(18)8-6-13/h3-9H,10H2,1-2H3,(H,19,24). The van der Waals surface area contributed by atoms with Crippen molar-refractivity contribution in [2.45, 2.75) is 20.4 Å². The van der Waals surface area contributed by atoms with Gasteiger partial charge >= 0.3 is 0 Å². The van der Waals surface area contributed by atoms with E-state index in [1.54, 1.807) is 0 Å². The predicted molar refractivity (Wildman–Crippen MR) is 95.5 cm³/mol. The Hall–Kier alpha value is -2.54. The topological polar surface area (TPSA) is 72.7 Å². The van der Waals surface area contributed by atoms with Gasteiger partial charge in [0.15, 0.2) is 0 Å². The molecule has 7 heteroatoms. The van der Waals surface area contributed by atoms with Crippen LogP contribution in [-0.2, 0) is 11.3 Å². The van der Waals surface area contributed by atoms with Gasteiger partial charge in [0.25, 0.3) is 0 Å². The number of nitrogens with zero attached hydrogens (tertiary/aromatic N) is 4. The number of amides is 1. The lowest BCUT2D eigenvalue weighted by atomic mass is 10.1. The van der Waals surface area contributed by atoms with E-state index in [2.05, 4.69) is 36.7 Å². The van der Waals surface area contributed by atoms with E-state index in [9.17, 15) is 4.79 Å². The highest BCUT2D eigenvalue weighted by Gasteiger charge is 2.10. The normalized spacial score (nSPS) is 10.6. The average molecular weight is 386 g/mol. The molecular formula is C17H16BrN5O. The van der Waals surface area contributed by atoms with Gasteiger partial charge in [-0.05, 0) is 60.5 Å². The highest BCUT2D eigenvalue weighted by Crippen LogP contribution is 2.18. The van der Waals surface area contributed by atoms with Gasteiger partial charge in [0.1, 0.15) is 6.54 Å². The Morgan fingerprint density at radius 2 is 1.92 bits per heavy atom. The molecule has 24 heavy (non-hydrogen) atoms. The Kier molecular flexibility index (Phi) is 4.71. The van der Waals surface area contributed by atoms with Crippen LogP contribution in [0, 0.1) is 13.8 Å². The molecule has 0 spiro atoms. The summed E-state index contributed by atoms with van der Waals surface area (Å²) in [7, 11) is 0. The van der Waals surface area contributed by atoms with Crippen LogP contribution in [0.5, 0.6) is 0 Å². The number of tetrazole rings is 1. The Bertz CT molecular complexity index is 873. The summed E-state index contributed by atoms with van der Waals surface area (Å²) in [6, 6.07) is 13.5. The van der Waals surface area contributed by atoms with Crippen molar-refractivity contribution in [3.8, 4) is 11.4 Å². The number of hydrogen-bond acceptors (Lipinski definition) is 4. The maximum atomic E-state index is 12.2. The molecule has 0 aliphatic heterocycles. The van der Waals surface area contributed by atoms with Crippen LogP contribution in [0.1, 0.15) is 11.1 Å². The zero-order valence-electron chi connectivity index (χ0n) is 13.3. The molecule has 0 bridgehead atoms. The summed E-state index contributed by atoms with van der Waals surface area (Å²) in [5, 5.41) is 15.1. The third-order valence-corrected chi connectivity index (χ3v) is 4.04. The average Bonchev–Trinajstić information content (AvgIpc) is 3.00.